The van der Waals surface area contributed by atoms with Gasteiger partial charge in [-0.25, -0.2) is 24.9 Å². The predicted molar refractivity (Wildman–Crippen MR) is 282 cm³/mol. The van der Waals surface area contributed by atoms with Crippen molar-refractivity contribution in [3.05, 3.63) is 248 Å². The molecule has 326 valence electrons. The van der Waals surface area contributed by atoms with E-state index in [0.29, 0.717) is 23.3 Å². The summed E-state index contributed by atoms with van der Waals surface area (Å²) in [4.78, 5) is 25.9. The first-order valence-corrected chi connectivity index (χ1v) is 23.4. The molecule has 0 unspecified atom stereocenters. The molecule has 0 saturated carbocycles. The van der Waals surface area contributed by atoms with Crippen molar-refractivity contribution in [2.45, 2.75) is 19.3 Å². The molecule has 0 N–H and O–H groups in total. The van der Waals surface area contributed by atoms with Crippen LogP contribution in [0.25, 0.3) is 113 Å². The molecule has 2 heterocycles. The summed E-state index contributed by atoms with van der Waals surface area (Å²) in [6.45, 7) is 4.62. The number of benzene rings is 9. The Labute approximate surface area is 402 Å². The SMILES string of the molecule is CC1(C)c2ccccc2-c2ccc(-c3nc(-c4ccccc4)cc(-c4cccc(-c5cccc(-c6nc(-c7ccc(-c8ccccc8)cc7)nc(-c7ccc(-c8ccccc8)cc7)n6)c5)c4)n3)cc21. The van der Waals surface area contributed by atoms with Gasteiger partial charge < -0.3 is 0 Å². The highest BCUT2D eigenvalue weighted by molar-refractivity contribution is 5.84. The van der Waals surface area contributed by atoms with Crippen LogP contribution in [-0.2, 0) is 5.41 Å². The first kappa shape index (κ1) is 41.5. The maximum atomic E-state index is 5.31. The third-order valence-corrected chi connectivity index (χ3v) is 13.4. The Bertz CT molecular complexity index is 3560. The zero-order valence-corrected chi connectivity index (χ0v) is 38.3. The lowest BCUT2D eigenvalue weighted by molar-refractivity contribution is 0.660. The smallest absolute Gasteiger partial charge is 0.164 e. The number of fused-ring (bicyclic) bond motifs is 3. The molecule has 2 aromatic heterocycles. The lowest BCUT2D eigenvalue weighted by Crippen LogP contribution is -2.15. The van der Waals surface area contributed by atoms with Crippen molar-refractivity contribution in [3.8, 4) is 113 Å². The van der Waals surface area contributed by atoms with Crippen LogP contribution in [-0.4, -0.2) is 24.9 Å². The summed E-state index contributed by atoms with van der Waals surface area (Å²) in [5, 5.41) is 0. The van der Waals surface area contributed by atoms with Crippen molar-refractivity contribution in [2.24, 2.45) is 0 Å². The lowest BCUT2D eigenvalue weighted by Gasteiger charge is -2.21. The van der Waals surface area contributed by atoms with Gasteiger partial charge in [-0.05, 0) is 79.9 Å². The fraction of sp³-hybridized carbons (Fsp3) is 0.0469. The molecule has 0 spiro atoms. The zero-order chi connectivity index (χ0) is 46.3. The molecule has 11 aromatic rings. The van der Waals surface area contributed by atoms with Crippen LogP contribution in [0.15, 0.2) is 237 Å². The summed E-state index contributed by atoms with van der Waals surface area (Å²) in [5.41, 5.74) is 19.2. The van der Waals surface area contributed by atoms with Gasteiger partial charge in [-0.3, -0.25) is 0 Å². The summed E-state index contributed by atoms with van der Waals surface area (Å²) >= 11 is 0. The monoisotopic (exact) mass is 883 g/mol. The highest BCUT2D eigenvalue weighted by Crippen LogP contribution is 2.49. The Morgan fingerprint density at radius 3 is 1.17 bits per heavy atom. The third kappa shape index (κ3) is 8.00. The summed E-state index contributed by atoms with van der Waals surface area (Å²) in [5.74, 6) is 2.51. The minimum absolute atomic E-state index is 0.141. The maximum Gasteiger partial charge on any atom is 0.164 e. The van der Waals surface area contributed by atoms with E-state index in [1.807, 2.05) is 18.2 Å². The van der Waals surface area contributed by atoms with Crippen molar-refractivity contribution in [2.75, 3.05) is 0 Å². The molecule has 0 bridgehead atoms. The van der Waals surface area contributed by atoms with Crippen LogP contribution in [0.1, 0.15) is 25.0 Å². The third-order valence-electron chi connectivity index (χ3n) is 13.4. The molecule has 0 amide bonds. The number of hydrogen-bond acceptors (Lipinski definition) is 5. The molecule has 12 rings (SSSR count). The van der Waals surface area contributed by atoms with Crippen LogP contribution >= 0.6 is 0 Å². The molecule has 5 heteroatoms. The molecule has 0 saturated heterocycles. The molecule has 0 atom stereocenters. The molecule has 0 radical (unpaired) electrons. The van der Waals surface area contributed by atoms with Gasteiger partial charge in [0.25, 0.3) is 0 Å². The largest absolute Gasteiger partial charge is 0.228 e. The Hall–Kier alpha value is -8.93. The first-order valence-electron chi connectivity index (χ1n) is 23.4. The van der Waals surface area contributed by atoms with Crippen LogP contribution in [0.4, 0.5) is 0 Å². The van der Waals surface area contributed by atoms with Crippen molar-refractivity contribution < 1.29 is 0 Å². The van der Waals surface area contributed by atoms with E-state index in [1.54, 1.807) is 0 Å². The van der Waals surface area contributed by atoms with Gasteiger partial charge in [0.2, 0.25) is 0 Å². The molecule has 1 aliphatic rings. The Balaban J connectivity index is 0.923. The van der Waals surface area contributed by atoms with Gasteiger partial charge >= 0.3 is 0 Å². The van der Waals surface area contributed by atoms with Gasteiger partial charge in [0.15, 0.2) is 23.3 Å². The van der Waals surface area contributed by atoms with Crippen LogP contribution in [0.3, 0.4) is 0 Å². The van der Waals surface area contributed by atoms with E-state index in [2.05, 4.69) is 232 Å². The van der Waals surface area contributed by atoms with Gasteiger partial charge in [-0.1, -0.05) is 226 Å². The summed E-state index contributed by atoms with van der Waals surface area (Å²) in [7, 11) is 0. The average molecular weight is 884 g/mol. The van der Waals surface area contributed by atoms with Gasteiger partial charge in [0.05, 0.1) is 11.4 Å². The van der Waals surface area contributed by atoms with E-state index in [-0.39, 0.29) is 5.41 Å². The Kier molecular flexibility index (Phi) is 10.4. The lowest BCUT2D eigenvalue weighted by atomic mass is 9.82. The Morgan fingerprint density at radius 2 is 0.594 bits per heavy atom. The Morgan fingerprint density at radius 1 is 0.232 bits per heavy atom. The zero-order valence-electron chi connectivity index (χ0n) is 38.3. The molecule has 1 aliphatic carbocycles. The number of hydrogen-bond donors (Lipinski definition) is 0. The van der Waals surface area contributed by atoms with Crippen molar-refractivity contribution in [1.29, 1.82) is 0 Å². The minimum Gasteiger partial charge on any atom is -0.228 e. The fourth-order valence-electron chi connectivity index (χ4n) is 9.67. The topological polar surface area (TPSA) is 64.5 Å². The normalized spacial score (nSPS) is 12.3. The van der Waals surface area contributed by atoms with Gasteiger partial charge in [0, 0.05) is 38.8 Å². The highest BCUT2D eigenvalue weighted by Gasteiger charge is 2.35. The van der Waals surface area contributed by atoms with E-state index >= 15 is 0 Å². The van der Waals surface area contributed by atoms with Gasteiger partial charge in [-0.2, -0.15) is 0 Å². The maximum absolute atomic E-state index is 5.31. The van der Waals surface area contributed by atoms with Gasteiger partial charge in [0.1, 0.15) is 0 Å². The van der Waals surface area contributed by atoms with E-state index in [9.17, 15) is 0 Å². The summed E-state index contributed by atoms with van der Waals surface area (Å²) < 4.78 is 0. The summed E-state index contributed by atoms with van der Waals surface area (Å²) in [6, 6.07) is 82.7. The van der Waals surface area contributed by atoms with Crippen LogP contribution in [0, 0.1) is 0 Å². The quantitative estimate of drug-likeness (QED) is 0.144. The second-order valence-electron chi connectivity index (χ2n) is 18.1. The molecular formula is C64H45N5. The molecule has 0 aliphatic heterocycles. The van der Waals surface area contributed by atoms with E-state index in [0.717, 1.165) is 78.1 Å². The molecule has 69 heavy (non-hydrogen) atoms. The second-order valence-corrected chi connectivity index (χ2v) is 18.1. The van der Waals surface area contributed by atoms with Crippen molar-refractivity contribution in [3.63, 3.8) is 0 Å². The first-order chi connectivity index (χ1) is 33.9. The molecular weight excluding hydrogens is 839 g/mol. The molecule has 9 aromatic carbocycles. The van der Waals surface area contributed by atoms with Crippen molar-refractivity contribution in [1.82, 2.24) is 24.9 Å². The van der Waals surface area contributed by atoms with E-state index in [1.165, 1.54) is 22.3 Å². The van der Waals surface area contributed by atoms with Crippen LogP contribution in [0.2, 0.25) is 0 Å². The van der Waals surface area contributed by atoms with E-state index < -0.39 is 0 Å². The van der Waals surface area contributed by atoms with E-state index in [4.69, 9.17) is 24.9 Å². The van der Waals surface area contributed by atoms with Crippen molar-refractivity contribution >= 4 is 0 Å². The average Bonchev–Trinajstić information content (AvgIpc) is 3.66. The van der Waals surface area contributed by atoms with Crippen LogP contribution in [0.5, 0.6) is 0 Å². The predicted octanol–water partition coefficient (Wildman–Crippen LogP) is 16.0. The highest BCUT2D eigenvalue weighted by atomic mass is 15.0. The standard InChI is InChI=1S/C64H45N5/c1-64(2)56-27-13-12-26-54(56)55-37-36-53(40-57(55)64)62-65-58(46-20-10-5-11-21-46)41-59(66-62)51-24-14-22-49(38-51)50-23-15-25-52(39-50)63-68-60(47-32-28-44(29-33-47)42-16-6-3-7-17-42)67-61(69-63)48-34-30-45(31-35-48)43-18-8-4-9-19-43/h3-41H,1-2H3. The molecule has 0 fully saturated rings. The number of rotatable bonds is 9. The molecule has 5 nitrogen and oxygen atoms in total. The second kappa shape index (κ2) is 17.4. The minimum atomic E-state index is -0.141. The van der Waals surface area contributed by atoms with Crippen LogP contribution < -0.4 is 0 Å². The number of nitrogens with zero attached hydrogens (tertiary/aromatic N) is 5. The van der Waals surface area contributed by atoms with Gasteiger partial charge in [-0.15, -0.1) is 0 Å². The summed E-state index contributed by atoms with van der Waals surface area (Å²) in [6.07, 6.45) is 0. The fourth-order valence-corrected chi connectivity index (χ4v) is 9.67. The number of aromatic nitrogens is 5.